The monoisotopic (exact) mass is 242 g/mol. The average Bonchev–Trinajstić information content (AvgIpc) is 2.36. The summed E-state index contributed by atoms with van der Waals surface area (Å²) in [6.45, 7) is 8.74. The highest BCUT2D eigenvalue weighted by atomic mass is 16.3. The molecule has 1 rings (SSSR count). The molecule has 1 fully saturated rings. The van der Waals surface area contributed by atoms with Crippen molar-refractivity contribution >= 4 is 0 Å². The number of piperazine rings is 1. The third kappa shape index (κ3) is 6.39. The number of hydrogen-bond donors (Lipinski definition) is 1. The van der Waals surface area contributed by atoms with Gasteiger partial charge in [0.05, 0.1) is 0 Å². The molecule has 3 heteroatoms. The lowest BCUT2D eigenvalue weighted by Crippen LogP contribution is -2.44. The van der Waals surface area contributed by atoms with Crippen LogP contribution in [0.15, 0.2) is 0 Å². The fraction of sp³-hybridized carbons (Fsp3) is 1.00. The van der Waals surface area contributed by atoms with Crippen molar-refractivity contribution in [3.63, 3.8) is 0 Å². The van der Waals surface area contributed by atoms with Crippen LogP contribution in [-0.2, 0) is 0 Å². The first-order valence-electron chi connectivity index (χ1n) is 7.28. The second kappa shape index (κ2) is 8.90. The lowest BCUT2D eigenvalue weighted by atomic mass is 9.99. The third-order valence-corrected chi connectivity index (χ3v) is 4.02. The van der Waals surface area contributed by atoms with E-state index in [-0.39, 0.29) is 0 Å². The Morgan fingerprint density at radius 3 is 2.35 bits per heavy atom. The maximum absolute atomic E-state index is 9.10. The van der Waals surface area contributed by atoms with Crippen molar-refractivity contribution in [3.8, 4) is 0 Å². The molecule has 1 N–H and O–H groups in total. The highest BCUT2D eigenvalue weighted by molar-refractivity contribution is 4.69. The van der Waals surface area contributed by atoms with Crippen molar-refractivity contribution < 1.29 is 5.11 Å². The summed E-state index contributed by atoms with van der Waals surface area (Å²) in [4.78, 5) is 4.99. The van der Waals surface area contributed by atoms with E-state index in [0.29, 0.717) is 12.5 Å². The summed E-state index contributed by atoms with van der Waals surface area (Å²) in [7, 11) is 2.21. The Hall–Kier alpha value is -0.120. The van der Waals surface area contributed by atoms with Gasteiger partial charge in [0.2, 0.25) is 0 Å². The van der Waals surface area contributed by atoms with Crippen LogP contribution < -0.4 is 0 Å². The van der Waals surface area contributed by atoms with Gasteiger partial charge in [-0.15, -0.1) is 0 Å². The number of unbranched alkanes of at least 4 members (excludes halogenated alkanes) is 2. The first kappa shape index (κ1) is 14.9. The zero-order chi connectivity index (χ0) is 12.5. The van der Waals surface area contributed by atoms with E-state index in [9.17, 15) is 0 Å². The second-order valence-electron chi connectivity index (χ2n) is 5.45. The largest absolute Gasteiger partial charge is 0.396 e. The van der Waals surface area contributed by atoms with E-state index < -0.39 is 0 Å². The van der Waals surface area contributed by atoms with E-state index in [2.05, 4.69) is 23.8 Å². The smallest absolute Gasteiger partial charge is 0.0459 e. The number of hydrogen-bond acceptors (Lipinski definition) is 3. The summed E-state index contributed by atoms with van der Waals surface area (Å²) in [5, 5.41) is 9.10. The first-order chi connectivity index (χ1) is 8.26. The van der Waals surface area contributed by atoms with Crippen LogP contribution in [0, 0.1) is 5.92 Å². The van der Waals surface area contributed by atoms with Crippen molar-refractivity contribution in [2.24, 2.45) is 5.92 Å². The van der Waals surface area contributed by atoms with Gasteiger partial charge in [0, 0.05) is 32.8 Å². The summed E-state index contributed by atoms with van der Waals surface area (Å²) in [5.41, 5.74) is 0. The zero-order valence-corrected chi connectivity index (χ0v) is 11.7. The molecule has 1 heterocycles. The van der Waals surface area contributed by atoms with Crippen molar-refractivity contribution in [2.75, 3.05) is 46.4 Å². The lowest BCUT2D eigenvalue weighted by molar-refractivity contribution is 0.151. The van der Waals surface area contributed by atoms with E-state index in [1.807, 2.05) is 0 Å². The van der Waals surface area contributed by atoms with Gasteiger partial charge in [0.1, 0.15) is 0 Å². The minimum Gasteiger partial charge on any atom is -0.396 e. The molecule has 0 bridgehead atoms. The SMILES string of the molecule is CCC(CO)CCCCCN1CCN(C)CC1. The standard InChI is InChI=1S/C14H30N2O/c1-3-14(13-17)7-5-4-6-8-16-11-9-15(2)10-12-16/h14,17H,3-13H2,1-2H3. The molecular weight excluding hydrogens is 212 g/mol. The first-order valence-corrected chi connectivity index (χ1v) is 7.28. The van der Waals surface area contributed by atoms with Gasteiger partial charge >= 0.3 is 0 Å². The van der Waals surface area contributed by atoms with Crippen LogP contribution in [0.3, 0.4) is 0 Å². The fourth-order valence-electron chi connectivity index (χ4n) is 2.44. The Bertz CT molecular complexity index is 175. The summed E-state index contributed by atoms with van der Waals surface area (Å²) in [6.07, 6.45) is 6.26. The van der Waals surface area contributed by atoms with Crippen molar-refractivity contribution in [3.05, 3.63) is 0 Å². The van der Waals surface area contributed by atoms with Crippen LogP contribution in [-0.4, -0.2) is 61.3 Å². The third-order valence-electron chi connectivity index (χ3n) is 4.02. The van der Waals surface area contributed by atoms with Crippen LogP contribution in [0.25, 0.3) is 0 Å². The number of nitrogens with zero attached hydrogens (tertiary/aromatic N) is 2. The molecule has 1 unspecified atom stereocenters. The molecule has 0 spiro atoms. The molecule has 1 atom stereocenters. The van der Waals surface area contributed by atoms with E-state index in [4.69, 9.17) is 5.11 Å². The van der Waals surface area contributed by atoms with Crippen LogP contribution >= 0.6 is 0 Å². The van der Waals surface area contributed by atoms with Crippen LogP contribution in [0.2, 0.25) is 0 Å². The second-order valence-corrected chi connectivity index (χ2v) is 5.45. The van der Waals surface area contributed by atoms with Crippen LogP contribution in [0.4, 0.5) is 0 Å². The molecule has 102 valence electrons. The van der Waals surface area contributed by atoms with Gasteiger partial charge in [0.25, 0.3) is 0 Å². The minimum atomic E-state index is 0.370. The molecule has 0 radical (unpaired) electrons. The quantitative estimate of drug-likeness (QED) is 0.658. The summed E-state index contributed by atoms with van der Waals surface area (Å²) >= 11 is 0. The van der Waals surface area contributed by atoms with Crippen LogP contribution in [0.5, 0.6) is 0 Å². The van der Waals surface area contributed by atoms with Crippen molar-refractivity contribution in [1.29, 1.82) is 0 Å². The van der Waals surface area contributed by atoms with E-state index >= 15 is 0 Å². The van der Waals surface area contributed by atoms with Gasteiger partial charge in [-0.25, -0.2) is 0 Å². The van der Waals surface area contributed by atoms with Gasteiger partial charge in [-0.3, -0.25) is 0 Å². The van der Waals surface area contributed by atoms with Gasteiger partial charge in [-0.1, -0.05) is 26.2 Å². The Kier molecular flexibility index (Phi) is 7.82. The average molecular weight is 242 g/mol. The molecule has 17 heavy (non-hydrogen) atoms. The van der Waals surface area contributed by atoms with E-state index in [1.54, 1.807) is 0 Å². The highest BCUT2D eigenvalue weighted by Crippen LogP contribution is 2.13. The predicted molar refractivity (Wildman–Crippen MR) is 73.3 cm³/mol. The Labute approximate surface area is 107 Å². The summed E-state index contributed by atoms with van der Waals surface area (Å²) in [5.74, 6) is 0.540. The molecule has 3 nitrogen and oxygen atoms in total. The minimum absolute atomic E-state index is 0.370. The van der Waals surface area contributed by atoms with Crippen molar-refractivity contribution in [1.82, 2.24) is 9.80 Å². The van der Waals surface area contributed by atoms with E-state index in [0.717, 1.165) is 6.42 Å². The maximum Gasteiger partial charge on any atom is 0.0459 e. The molecule has 0 amide bonds. The highest BCUT2D eigenvalue weighted by Gasteiger charge is 2.12. The fourth-order valence-corrected chi connectivity index (χ4v) is 2.44. The normalized spacial score (nSPS) is 20.6. The van der Waals surface area contributed by atoms with Crippen LogP contribution in [0.1, 0.15) is 39.0 Å². The number of likely N-dealkylation sites (N-methyl/N-ethyl adjacent to an activating group) is 1. The molecule has 0 aromatic heterocycles. The molecular formula is C14H30N2O. The number of rotatable bonds is 8. The van der Waals surface area contributed by atoms with Gasteiger partial charge < -0.3 is 14.9 Å². The van der Waals surface area contributed by atoms with Gasteiger partial charge in [-0.2, -0.15) is 0 Å². The molecule has 1 aliphatic rings. The maximum atomic E-state index is 9.10. The molecule has 0 aliphatic carbocycles. The predicted octanol–water partition coefficient (Wildman–Crippen LogP) is 1.81. The zero-order valence-electron chi connectivity index (χ0n) is 11.7. The van der Waals surface area contributed by atoms with Gasteiger partial charge in [0.15, 0.2) is 0 Å². The molecule has 0 aromatic carbocycles. The summed E-state index contributed by atoms with van der Waals surface area (Å²) < 4.78 is 0. The number of aliphatic hydroxyl groups is 1. The Morgan fingerprint density at radius 2 is 1.76 bits per heavy atom. The molecule has 0 saturated carbocycles. The molecule has 0 aromatic rings. The Balaban J connectivity index is 1.93. The topological polar surface area (TPSA) is 26.7 Å². The van der Waals surface area contributed by atoms with Gasteiger partial charge in [-0.05, 0) is 32.4 Å². The van der Waals surface area contributed by atoms with Crippen molar-refractivity contribution in [2.45, 2.75) is 39.0 Å². The number of aliphatic hydroxyl groups excluding tert-OH is 1. The molecule has 1 aliphatic heterocycles. The lowest BCUT2D eigenvalue weighted by Gasteiger charge is -2.32. The molecule has 1 saturated heterocycles. The van der Waals surface area contributed by atoms with E-state index in [1.165, 1.54) is 58.4 Å². The Morgan fingerprint density at radius 1 is 1.06 bits per heavy atom. The summed E-state index contributed by atoms with van der Waals surface area (Å²) in [6, 6.07) is 0.